The quantitative estimate of drug-likeness (QED) is 0.758. The van der Waals surface area contributed by atoms with Crippen molar-refractivity contribution in [1.82, 2.24) is 15.1 Å². The highest BCUT2D eigenvalue weighted by molar-refractivity contribution is 5.28. The molecule has 0 saturated carbocycles. The van der Waals surface area contributed by atoms with Gasteiger partial charge in [0, 0.05) is 24.3 Å². The van der Waals surface area contributed by atoms with Gasteiger partial charge in [-0.05, 0) is 44.0 Å². The molecule has 1 N–H and O–H groups in total. The molecule has 1 atom stereocenters. The smallest absolute Gasteiger partial charge is 0.119 e. The van der Waals surface area contributed by atoms with E-state index in [-0.39, 0.29) is 0 Å². The molecule has 4 heteroatoms. The maximum absolute atomic E-state index is 5.23. The van der Waals surface area contributed by atoms with E-state index in [2.05, 4.69) is 42.6 Å². The number of benzene rings is 1. The van der Waals surface area contributed by atoms with Gasteiger partial charge >= 0.3 is 0 Å². The van der Waals surface area contributed by atoms with Crippen LogP contribution in [0.2, 0.25) is 0 Å². The number of rotatable bonds is 8. The molecule has 1 aromatic carbocycles. The highest BCUT2D eigenvalue weighted by Gasteiger charge is 2.04. The summed E-state index contributed by atoms with van der Waals surface area (Å²) < 4.78 is 7.28. The van der Waals surface area contributed by atoms with Gasteiger partial charge < -0.3 is 10.1 Å². The van der Waals surface area contributed by atoms with Gasteiger partial charge in [0.15, 0.2) is 0 Å². The number of methoxy groups -OCH3 is 1. The lowest BCUT2D eigenvalue weighted by atomic mass is 10.1. The van der Waals surface area contributed by atoms with E-state index in [1.54, 1.807) is 7.11 Å². The van der Waals surface area contributed by atoms with Crippen molar-refractivity contribution < 1.29 is 4.74 Å². The first-order valence-corrected chi connectivity index (χ1v) is 7.59. The first-order chi connectivity index (χ1) is 10.2. The molecule has 0 aliphatic heterocycles. The van der Waals surface area contributed by atoms with Crippen LogP contribution in [-0.4, -0.2) is 23.4 Å². The fourth-order valence-electron chi connectivity index (χ4n) is 2.19. The van der Waals surface area contributed by atoms with Crippen LogP contribution in [0.4, 0.5) is 0 Å². The molecule has 0 aliphatic rings. The molecule has 114 valence electrons. The zero-order valence-electron chi connectivity index (χ0n) is 13.2. The Morgan fingerprint density at radius 3 is 2.95 bits per heavy atom. The van der Waals surface area contributed by atoms with E-state index in [0.717, 1.165) is 31.7 Å². The van der Waals surface area contributed by atoms with Crippen molar-refractivity contribution in [3.63, 3.8) is 0 Å². The van der Waals surface area contributed by atoms with E-state index in [9.17, 15) is 0 Å². The van der Waals surface area contributed by atoms with E-state index in [0.29, 0.717) is 6.04 Å². The Balaban J connectivity index is 1.75. The predicted molar refractivity (Wildman–Crippen MR) is 85.6 cm³/mol. The number of nitrogens with one attached hydrogen (secondary N) is 1. The lowest BCUT2D eigenvalue weighted by molar-refractivity contribution is 0.414. The van der Waals surface area contributed by atoms with Crippen molar-refractivity contribution >= 4 is 0 Å². The largest absolute Gasteiger partial charge is 0.497 e. The van der Waals surface area contributed by atoms with E-state index in [1.807, 2.05) is 23.0 Å². The molecule has 4 nitrogen and oxygen atoms in total. The first kappa shape index (κ1) is 15.6. The standard InChI is InChI=1S/C17H25N3O/c1-4-14(2)20-13-16(12-19-20)11-18-9-8-15-6-5-7-17(10-15)21-3/h5-7,10,12-14,18H,4,8-9,11H2,1-3H3. The number of ether oxygens (including phenoxy) is 1. The van der Waals surface area contributed by atoms with E-state index >= 15 is 0 Å². The molecule has 1 unspecified atom stereocenters. The van der Waals surface area contributed by atoms with Crippen molar-refractivity contribution in [2.24, 2.45) is 0 Å². The highest BCUT2D eigenvalue weighted by atomic mass is 16.5. The van der Waals surface area contributed by atoms with Crippen molar-refractivity contribution in [3.05, 3.63) is 47.8 Å². The summed E-state index contributed by atoms with van der Waals surface area (Å²) in [6.45, 7) is 6.17. The summed E-state index contributed by atoms with van der Waals surface area (Å²) in [6.07, 6.45) is 6.18. The number of hydrogen-bond donors (Lipinski definition) is 1. The lowest BCUT2D eigenvalue weighted by Crippen LogP contribution is -2.16. The molecule has 0 spiro atoms. The van der Waals surface area contributed by atoms with Crippen molar-refractivity contribution in [1.29, 1.82) is 0 Å². The van der Waals surface area contributed by atoms with Gasteiger partial charge in [-0.15, -0.1) is 0 Å². The Kier molecular flexibility index (Phi) is 5.81. The molecule has 0 bridgehead atoms. The second kappa shape index (κ2) is 7.84. The molecule has 0 amide bonds. The van der Waals surface area contributed by atoms with Crippen LogP contribution >= 0.6 is 0 Å². The fourth-order valence-corrected chi connectivity index (χ4v) is 2.19. The summed E-state index contributed by atoms with van der Waals surface area (Å²) >= 11 is 0. The molecule has 1 aromatic heterocycles. The Bertz CT molecular complexity index is 550. The third-order valence-electron chi connectivity index (χ3n) is 3.75. The lowest BCUT2D eigenvalue weighted by Gasteiger charge is -2.08. The van der Waals surface area contributed by atoms with Gasteiger partial charge in [0.1, 0.15) is 5.75 Å². The summed E-state index contributed by atoms with van der Waals surface area (Å²) in [4.78, 5) is 0. The topological polar surface area (TPSA) is 39.1 Å². The Morgan fingerprint density at radius 1 is 1.33 bits per heavy atom. The van der Waals surface area contributed by atoms with Gasteiger partial charge in [-0.1, -0.05) is 19.1 Å². The van der Waals surface area contributed by atoms with Crippen LogP contribution in [0.3, 0.4) is 0 Å². The summed E-state index contributed by atoms with van der Waals surface area (Å²) in [6, 6.07) is 8.69. The van der Waals surface area contributed by atoms with Gasteiger partial charge in [0.05, 0.1) is 13.3 Å². The van der Waals surface area contributed by atoms with Crippen LogP contribution in [0.15, 0.2) is 36.7 Å². The van der Waals surface area contributed by atoms with Gasteiger partial charge in [-0.3, -0.25) is 4.68 Å². The van der Waals surface area contributed by atoms with Crippen LogP contribution in [0.1, 0.15) is 37.4 Å². The average molecular weight is 287 g/mol. The van der Waals surface area contributed by atoms with Crippen molar-refractivity contribution in [2.75, 3.05) is 13.7 Å². The molecule has 2 aromatic rings. The third-order valence-corrected chi connectivity index (χ3v) is 3.75. The Hall–Kier alpha value is -1.81. The average Bonchev–Trinajstić information content (AvgIpc) is 3.00. The zero-order chi connectivity index (χ0) is 15.1. The molecule has 2 rings (SSSR count). The minimum atomic E-state index is 0.468. The Morgan fingerprint density at radius 2 is 2.19 bits per heavy atom. The minimum absolute atomic E-state index is 0.468. The van der Waals surface area contributed by atoms with Gasteiger partial charge in [-0.2, -0.15) is 5.10 Å². The van der Waals surface area contributed by atoms with Crippen LogP contribution in [-0.2, 0) is 13.0 Å². The van der Waals surface area contributed by atoms with E-state index in [4.69, 9.17) is 4.74 Å². The molecule has 0 saturated heterocycles. The second-order valence-electron chi connectivity index (χ2n) is 5.36. The van der Waals surface area contributed by atoms with Gasteiger partial charge in [0.2, 0.25) is 0 Å². The molecular weight excluding hydrogens is 262 g/mol. The number of hydrogen-bond acceptors (Lipinski definition) is 3. The van der Waals surface area contributed by atoms with Crippen LogP contribution in [0, 0.1) is 0 Å². The second-order valence-corrected chi connectivity index (χ2v) is 5.36. The summed E-state index contributed by atoms with van der Waals surface area (Å²) in [7, 11) is 1.70. The summed E-state index contributed by atoms with van der Waals surface area (Å²) in [5.74, 6) is 0.919. The predicted octanol–water partition coefficient (Wildman–Crippen LogP) is 3.20. The minimum Gasteiger partial charge on any atom is -0.497 e. The van der Waals surface area contributed by atoms with Crippen LogP contribution in [0.5, 0.6) is 5.75 Å². The zero-order valence-corrected chi connectivity index (χ0v) is 13.2. The van der Waals surface area contributed by atoms with Gasteiger partial charge in [-0.25, -0.2) is 0 Å². The van der Waals surface area contributed by atoms with Crippen LogP contribution in [0.25, 0.3) is 0 Å². The number of aromatic nitrogens is 2. The number of nitrogens with zero attached hydrogens (tertiary/aromatic N) is 2. The molecule has 0 radical (unpaired) electrons. The first-order valence-electron chi connectivity index (χ1n) is 7.59. The normalized spacial score (nSPS) is 12.3. The fraction of sp³-hybridized carbons (Fsp3) is 0.471. The van der Waals surface area contributed by atoms with Crippen LogP contribution < -0.4 is 10.1 Å². The summed E-state index contributed by atoms with van der Waals surface area (Å²) in [5.41, 5.74) is 2.53. The highest BCUT2D eigenvalue weighted by Crippen LogP contribution is 2.13. The maximum Gasteiger partial charge on any atom is 0.119 e. The monoisotopic (exact) mass is 287 g/mol. The third kappa shape index (κ3) is 4.60. The van der Waals surface area contributed by atoms with E-state index in [1.165, 1.54) is 11.1 Å². The van der Waals surface area contributed by atoms with Crippen molar-refractivity contribution in [3.8, 4) is 5.75 Å². The maximum atomic E-state index is 5.23. The van der Waals surface area contributed by atoms with E-state index < -0.39 is 0 Å². The molecule has 0 fully saturated rings. The molecule has 1 heterocycles. The molecule has 0 aliphatic carbocycles. The summed E-state index contributed by atoms with van der Waals surface area (Å²) in [5, 5.41) is 7.87. The molecule has 21 heavy (non-hydrogen) atoms. The van der Waals surface area contributed by atoms with Crippen molar-refractivity contribution in [2.45, 2.75) is 39.3 Å². The Labute approximate surface area is 127 Å². The van der Waals surface area contributed by atoms with Gasteiger partial charge in [0.25, 0.3) is 0 Å². The molecular formula is C17H25N3O. The SMILES string of the molecule is CCC(C)n1cc(CNCCc2cccc(OC)c2)cn1.